The summed E-state index contributed by atoms with van der Waals surface area (Å²) < 4.78 is 6.96. The molecule has 0 saturated carbocycles. The summed E-state index contributed by atoms with van der Waals surface area (Å²) in [5.74, 6) is 6.61. The van der Waals surface area contributed by atoms with Crippen LogP contribution in [0.25, 0.3) is 11.0 Å². The van der Waals surface area contributed by atoms with E-state index in [-0.39, 0.29) is 6.04 Å². The van der Waals surface area contributed by atoms with Crippen LogP contribution in [-0.2, 0) is 0 Å². The van der Waals surface area contributed by atoms with E-state index < -0.39 is 0 Å². The van der Waals surface area contributed by atoms with Gasteiger partial charge in [0.15, 0.2) is 0 Å². The molecule has 4 heteroatoms. The van der Waals surface area contributed by atoms with Gasteiger partial charge in [0.2, 0.25) is 0 Å². The molecule has 1 atom stereocenters. The molecule has 3 aromatic rings. The topological polar surface area (TPSA) is 51.2 Å². The summed E-state index contributed by atoms with van der Waals surface area (Å²) in [6.07, 6.45) is 0. The van der Waals surface area contributed by atoms with E-state index >= 15 is 0 Å². The van der Waals surface area contributed by atoms with Crippen molar-refractivity contribution in [2.45, 2.75) is 19.9 Å². The number of rotatable bonds is 3. The highest BCUT2D eigenvalue weighted by Crippen LogP contribution is 2.33. The number of aryl methyl sites for hydroxylation is 1. The number of benzene rings is 2. The number of fused-ring (bicyclic) bond motifs is 1. The SMILES string of the molecule is Cc1cccc(C(NN)c2cc3cccc(Br)c3o2)c1C. The van der Waals surface area contributed by atoms with Crippen LogP contribution in [-0.4, -0.2) is 0 Å². The van der Waals surface area contributed by atoms with E-state index in [0.29, 0.717) is 0 Å². The molecule has 0 aliphatic rings. The molecule has 1 heterocycles. The van der Waals surface area contributed by atoms with Crippen molar-refractivity contribution < 1.29 is 4.42 Å². The Morgan fingerprint density at radius 2 is 1.90 bits per heavy atom. The van der Waals surface area contributed by atoms with Crippen LogP contribution < -0.4 is 11.3 Å². The molecule has 0 aliphatic heterocycles. The van der Waals surface area contributed by atoms with Gasteiger partial charge in [-0.3, -0.25) is 5.84 Å². The van der Waals surface area contributed by atoms with E-state index in [1.54, 1.807) is 0 Å². The highest BCUT2D eigenvalue weighted by atomic mass is 79.9. The van der Waals surface area contributed by atoms with Gasteiger partial charge in [-0.1, -0.05) is 30.3 Å². The third-order valence-corrected chi connectivity index (χ3v) is 4.55. The minimum absolute atomic E-state index is 0.163. The molecule has 3 rings (SSSR count). The number of hydrogen-bond donors (Lipinski definition) is 2. The average Bonchev–Trinajstić information content (AvgIpc) is 2.89. The van der Waals surface area contributed by atoms with Crippen molar-refractivity contribution in [3.8, 4) is 0 Å². The molecule has 108 valence electrons. The van der Waals surface area contributed by atoms with Crippen molar-refractivity contribution >= 4 is 26.9 Å². The normalized spacial score (nSPS) is 12.8. The Morgan fingerprint density at radius 1 is 1.14 bits per heavy atom. The maximum Gasteiger partial charge on any atom is 0.148 e. The van der Waals surface area contributed by atoms with Gasteiger partial charge in [0.25, 0.3) is 0 Å². The first-order valence-electron chi connectivity index (χ1n) is 6.82. The predicted molar refractivity (Wildman–Crippen MR) is 89.0 cm³/mol. The van der Waals surface area contributed by atoms with Gasteiger partial charge in [0, 0.05) is 5.39 Å². The molecule has 0 radical (unpaired) electrons. The lowest BCUT2D eigenvalue weighted by Crippen LogP contribution is -2.29. The zero-order valence-electron chi connectivity index (χ0n) is 12.0. The van der Waals surface area contributed by atoms with Crippen molar-refractivity contribution in [1.29, 1.82) is 0 Å². The minimum atomic E-state index is -0.163. The molecule has 21 heavy (non-hydrogen) atoms. The molecule has 0 aliphatic carbocycles. The summed E-state index contributed by atoms with van der Waals surface area (Å²) >= 11 is 3.52. The van der Waals surface area contributed by atoms with E-state index in [1.807, 2.05) is 30.3 Å². The van der Waals surface area contributed by atoms with E-state index in [2.05, 4.69) is 47.3 Å². The van der Waals surface area contributed by atoms with Gasteiger partial charge < -0.3 is 4.42 Å². The highest BCUT2D eigenvalue weighted by molar-refractivity contribution is 9.10. The number of halogens is 1. The Bertz CT molecular complexity index is 795. The number of hydrazine groups is 1. The maximum atomic E-state index is 6.01. The predicted octanol–water partition coefficient (Wildman–Crippen LogP) is 4.36. The van der Waals surface area contributed by atoms with Crippen LogP contribution in [0.4, 0.5) is 0 Å². The number of furan rings is 1. The monoisotopic (exact) mass is 344 g/mol. The van der Waals surface area contributed by atoms with Gasteiger partial charge in [-0.05, 0) is 58.6 Å². The second kappa shape index (κ2) is 5.64. The van der Waals surface area contributed by atoms with Gasteiger partial charge in [-0.2, -0.15) is 0 Å². The zero-order valence-corrected chi connectivity index (χ0v) is 13.6. The van der Waals surface area contributed by atoms with Crippen LogP contribution in [0.15, 0.2) is 51.4 Å². The largest absolute Gasteiger partial charge is 0.458 e. The van der Waals surface area contributed by atoms with E-state index in [1.165, 1.54) is 11.1 Å². The van der Waals surface area contributed by atoms with Gasteiger partial charge in [0.05, 0.1) is 4.47 Å². The summed E-state index contributed by atoms with van der Waals surface area (Å²) in [6, 6.07) is 14.1. The fourth-order valence-electron chi connectivity index (χ4n) is 2.60. The third-order valence-electron chi connectivity index (χ3n) is 3.92. The fraction of sp³-hybridized carbons (Fsp3) is 0.176. The Balaban J connectivity index is 2.14. The van der Waals surface area contributed by atoms with Crippen LogP contribution in [0.2, 0.25) is 0 Å². The molecule has 1 unspecified atom stereocenters. The lowest BCUT2D eigenvalue weighted by atomic mass is 9.96. The average molecular weight is 345 g/mol. The zero-order chi connectivity index (χ0) is 15.0. The molecule has 2 aromatic carbocycles. The number of nitrogens with two attached hydrogens (primary N) is 1. The summed E-state index contributed by atoms with van der Waals surface area (Å²) in [4.78, 5) is 0. The second-order valence-electron chi connectivity index (χ2n) is 5.20. The van der Waals surface area contributed by atoms with Crippen molar-refractivity contribution in [1.82, 2.24) is 5.43 Å². The first-order chi connectivity index (χ1) is 10.1. The van der Waals surface area contributed by atoms with Crippen LogP contribution in [0.3, 0.4) is 0 Å². The maximum absolute atomic E-state index is 6.01. The standard InChI is InChI=1S/C17H17BrN2O/c1-10-5-3-7-13(11(10)2)16(20-19)15-9-12-6-4-8-14(18)17(12)21-15/h3-9,16,20H,19H2,1-2H3. The van der Waals surface area contributed by atoms with Crippen LogP contribution in [0, 0.1) is 13.8 Å². The van der Waals surface area contributed by atoms with Gasteiger partial charge in [-0.25, -0.2) is 5.43 Å². The fourth-order valence-corrected chi connectivity index (χ4v) is 3.06. The van der Waals surface area contributed by atoms with E-state index in [0.717, 1.165) is 26.8 Å². The van der Waals surface area contributed by atoms with Crippen molar-refractivity contribution in [2.75, 3.05) is 0 Å². The summed E-state index contributed by atoms with van der Waals surface area (Å²) in [5.41, 5.74) is 7.31. The molecule has 0 bridgehead atoms. The molecule has 0 saturated heterocycles. The highest BCUT2D eigenvalue weighted by Gasteiger charge is 2.20. The van der Waals surface area contributed by atoms with E-state index in [9.17, 15) is 0 Å². The lowest BCUT2D eigenvalue weighted by Gasteiger charge is -2.17. The number of para-hydroxylation sites is 1. The lowest BCUT2D eigenvalue weighted by molar-refractivity contribution is 0.475. The summed E-state index contributed by atoms with van der Waals surface area (Å²) in [7, 11) is 0. The molecule has 0 amide bonds. The van der Waals surface area contributed by atoms with Gasteiger partial charge >= 0.3 is 0 Å². The van der Waals surface area contributed by atoms with Crippen LogP contribution in [0.5, 0.6) is 0 Å². The van der Waals surface area contributed by atoms with Crippen molar-refractivity contribution in [3.05, 3.63) is 69.4 Å². The Labute approximate surface area is 132 Å². The Kier molecular flexibility index (Phi) is 3.85. The van der Waals surface area contributed by atoms with E-state index in [4.69, 9.17) is 10.3 Å². The van der Waals surface area contributed by atoms with Crippen LogP contribution >= 0.6 is 15.9 Å². The van der Waals surface area contributed by atoms with Gasteiger partial charge in [-0.15, -0.1) is 0 Å². The molecule has 3 nitrogen and oxygen atoms in total. The summed E-state index contributed by atoms with van der Waals surface area (Å²) in [5, 5.41) is 1.06. The molecular formula is C17H17BrN2O. The minimum Gasteiger partial charge on any atom is -0.458 e. The van der Waals surface area contributed by atoms with Gasteiger partial charge in [0.1, 0.15) is 17.4 Å². The molecule has 0 spiro atoms. The quantitative estimate of drug-likeness (QED) is 0.548. The van der Waals surface area contributed by atoms with Crippen molar-refractivity contribution in [3.63, 3.8) is 0 Å². The smallest absolute Gasteiger partial charge is 0.148 e. The Hall–Kier alpha value is -1.62. The second-order valence-corrected chi connectivity index (χ2v) is 6.05. The molecule has 0 fully saturated rings. The summed E-state index contributed by atoms with van der Waals surface area (Å²) in [6.45, 7) is 4.20. The Morgan fingerprint density at radius 3 is 2.62 bits per heavy atom. The van der Waals surface area contributed by atoms with Crippen molar-refractivity contribution in [2.24, 2.45) is 5.84 Å². The third kappa shape index (κ3) is 2.50. The first kappa shape index (κ1) is 14.3. The molecule has 3 N–H and O–H groups in total. The number of hydrogen-bond acceptors (Lipinski definition) is 3. The first-order valence-corrected chi connectivity index (χ1v) is 7.61. The molecule has 1 aromatic heterocycles. The number of nitrogens with one attached hydrogen (secondary N) is 1. The van der Waals surface area contributed by atoms with Crippen LogP contribution in [0.1, 0.15) is 28.5 Å². The molecular weight excluding hydrogens is 328 g/mol.